The number of rotatable bonds is 5. The minimum atomic E-state index is -0.812. The van der Waals surface area contributed by atoms with Gasteiger partial charge in [-0.25, -0.2) is 0 Å². The van der Waals surface area contributed by atoms with Crippen molar-refractivity contribution in [3.63, 3.8) is 0 Å². The highest BCUT2D eigenvalue weighted by Crippen LogP contribution is 2.34. The molecule has 88 valence electrons. The van der Waals surface area contributed by atoms with Crippen LogP contribution in [0.2, 0.25) is 0 Å². The first-order valence-electron chi connectivity index (χ1n) is 5.84. The van der Waals surface area contributed by atoms with Gasteiger partial charge in [0.2, 0.25) is 0 Å². The highest BCUT2D eigenvalue weighted by atomic mass is 16.3. The molecule has 0 unspecified atom stereocenters. The van der Waals surface area contributed by atoms with Gasteiger partial charge in [-0.15, -0.1) is 0 Å². The van der Waals surface area contributed by atoms with Crippen molar-refractivity contribution < 1.29 is 10.2 Å². The minimum absolute atomic E-state index is 0.261. The maximum atomic E-state index is 9.88. The van der Waals surface area contributed by atoms with Crippen molar-refractivity contribution in [2.45, 2.75) is 37.5 Å². The normalized spacial score (nSPS) is 21.4. The van der Waals surface area contributed by atoms with Gasteiger partial charge in [-0.05, 0) is 30.7 Å². The molecular formula is C13H19NO2. The van der Waals surface area contributed by atoms with Crippen LogP contribution in [0.4, 0.5) is 0 Å². The maximum absolute atomic E-state index is 9.88. The van der Waals surface area contributed by atoms with Crippen LogP contribution < -0.4 is 5.73 Å². The van der Waals surface area contributed by atoms with Crippen molar-refractivity contribution in [1.82, 2.24) is 0 Å². The SMILES string of the molecule is N[C@@H](Cc1ccccc1)[C@@H](O)[C@@H](O)C1CC1. The third-order valence-corrected chi connectivity index (χ3v) is 3.21. The summed E-state index contributed by atoms with van der Waals surface area (Å²) in [5, 5.41) is 19.7. The Morgan fingerprint density at radius 3 is 2.38 bits per heavy atom. The molecule has 1 aromatic carbocycles. The van der Waals surface area contributed by atoms with E-state index >= 15 is 0 Å². The summed E-state index contributed by atoms with van der Waals surface area (Å²) in [6.07, 6.45) is 1.16. The molecule has 3 heteroatoms. The van der Waals surface area contributed by atoms with Crippen LogP contribution >= 0.6 is 0 Å². The van der Waals surface area contributed by atoms with E-state index < -0.39 is 18.2 Å². The molecule has 1 aliphatic carbocycles. The minimum Gasteiger partial charge on any atom is -0.390 e. The van der Waals surface area contributed by atoms with Gasteiger partial charge in [-0.2, -0.15) is 0 Å². The molecule has 1 aliphatic rings. The van der Waals surface area contributed by atoms with Gasteiger partial charge in [0.1, 0.15) is 0 Å². The topological polar surface area (TPSA) is 66.5 Å². The molecule has 0 aromatic heterocycles. The molecule has 0 amide bonds. The summed E-state index contributed by atoms with van der Waals surface area (Å²) >= 11 is 0. The van der Waals surface area contributed by atoms with Crippen LogP contribution in [0, 0.1) is 5.92 Å². The van der Waals surface area contributed by atoms with Gasteiger partial charge >= 0.3 is 0 Å². The van der Waals surface area contributed by atoms with Crippen LogP contribution in [0.1, 0.15) is 18.4 Å². The molecule has 16 heavy (non-hydrogen) atoms. The van der Waals surface area contributed by atoms with E-state index in [1.54, 1.807) is 0 Å². The highest BCUT2D eigenvalue weighted by molar-refractivity contribution is 5.16. The van der Waals surface area contributed by atoms with Crippen LogP contribution in [-0.2, 0) is 6.42 Å². The fraction of sp³-hybridized carbons (Fsp3) is 0.538. The number of aliphatic hydroxyl groups is 2. The lowest BCUT2D eigenvalue weighted by Gasteiger charge is -2.23. The van der Waals surface area contributed by atoms with Crippen molar-refractivity contribution in [2.75, 3.05) is 0 Å². The summed E-state index contributed by atoms with van der Waals surface area (Å²) in [6, 6.07) is 9.42. The Labute approximate surface area is 95.9 Å². The average molecular weight is 221 g/mol. The highest BCUT2D eigenvalue weighted by Gasteiger charge is 2.36. The quantitative estimate of drug-likeness (QED) is 0.685. The largest absolute Gasteiger partial charge is 0.390 e. The molecule has 0 saturated heterocycles. The zero-order chi connectivity index (χ0) is 11.5. The lowest BCUT2D eigenvalue weighted by atomic mass is 9.96. The molecular weight excluding hydrogens is 202 g/mol. The van der Waals surface area contributed by atoms with Crippen molar-refractivity contribution in [3.05, 3.63) is 35.9 Å². The smallest absolute Gasteiger partial charge is 0.0955 e. The van der Waals surface area contributed by atoms with Gasteiger partial charge in [0.05, 0.1) is 12.2 Å². The predicted octanol–water partition coefficient (Wildman–Crippen LogP) is 0.688. The molecule has 3 atom stereocenters. The average Bonchev–Trinajstić information content (AvgIpc) is 3.12. The second-order valence-electron chi connectivity index (χ2n) is 4.67. The number of benzene rings is 1. The van der Waals surface area contributed by atoms with E-state index in [1.165, 1.54) is 0 Å². The summed E-state index contributed by atoms with van der Waals surface area (Å²) in [4.78, 5) is 0. The van der Waals surface area contributed by atoms with E-state index in [-0.39, 0.29) is 5.92 Å². The lowest BCUT2D eigenvalue weighted by Crippen LogP contribution is -2.45. The number of hydrogen-bond donors (Lipinski definition) is 3. The zero-order valence-corrected chi connectivity index (χ0v) is 9.29. The van der Waals surface area contributed by atoms with Crippen molar-refractivity contribution in [1.29, 1.82) is 0 Å². The summed E-state index contributed by atoms with van der Waals surface area (Å²) in [7, 11) is 0. The van der Waals surface area contributed by atoms with E-state index in [0.717, 1.165) is 18.4 Å². The number of aliphatic hydroxyl groups excluding tert-OH is 2. The number of nitrogens with two attached hydrogens (primary N) is 1. The van der Waals surface area contributed by atoms with E-state index in [0.29, 0.717) is 6.42 Å². The predicted molar refractivity (Wildman–Crippen MR) is 62.9 cm³/mol. The van der Waals surface area contributed by atoms with Crippen molar-refractivity contribution in [3.8, 4) is 0 Å². The fourth-order valence-corrected chi connectivity index (χ4v) is 1.98. The van der Waals surface area contributed by atoms with Gasteiger partial charge in [-0.3, -0.25) is 0 Å². The van der Waals surface area contributed by atoms with E-state index in [2.05, 4.69) is 0 Å². The standard InChI is InChI=1S/C13H19NO2/c14-11(8-9-4-2-1-3-5-9)13(16)12(15)10-6-7-10/h1-5,10-13,15-16H,6-8,14H2/t11-,12-,13+/m0/s1. The first-order valence-corrected chi connectivity index (χ1v) is 5.84. The zero-order valence-electron chi connectivity index (χ0n) is 9.29. The Morgan fingerprint density at radius 2 is 1.81 bits per heavy atom. The third-order valence-electron chi connectivity index (χ3n) is 3.21. The molecule has 0 spiro atoms. The Bertz CT molecular complexity index is 324. The van der Waals surface area contributed by atoms with Crippen LogP contribution in [0.15, 0.2) is 30.3 Å². The second-order valence-corrected chi connectivity index (χ2v) is 4.67. The van der Waals surface area contributed by atoms with E-state index in [1.807, 2.05) is 30.3 Å². The molecule has 1 saturated carbocycles. The molecule has 0 heterocycles. The van der Waals surface area contributed by atoms with Crippen LogP contribution in [0.25, 0.3) is 0 Å². The second kappa shape index (κ2) is 4.95. The van der Waals surface area contributed by atoms with Crippen LogP contribution in [0.5, 0.6) is 0 Å². The molecule has 1 fully saturated rings. The molecule has 2 rings (SSSR count). The summed E-state index contributed by atoms with van der Waals surface area (Å²) < 4.78 is 0. The van der Waals surface area contributed by atoms with Crippen molar-refractivity contribution in [2.24, 2.45) is 11.7 Å². The first kappa shape index (κ1) is 11.6. The van der Waals surface area contributed by atoms with Gasteiger partial charge in [0, 0.05) is 6.04 Å². The monoisotopic (exact) mass is 221 g/mol. The van der Waals surface area contributed by atoms with Crippen molar-refractivity contribution >= 4 is 0 Å². The molecule has 1 aromatic rings. The number of hydrogen-bond acceptors (Lipinski definition) is 3. The maximum Gasteiger partial charge on any atom is 0.0955 e. The Hall–Kier alpha value is -0.900. The van der Waals surface area contributed by atoms with Gasteiger partial charge in [0.15, 0.2) is 0 Å². The van der Waals surface area contributed by atoms with Gasteiger partial charge in [-0.1, -0.05) is 30.3 Å². The fourth-order valence-electron chi connectivity index (χ4n) is 1.98. The van der Waals surface area contributed by atoms with Crippen LogP contribution in [-0.4, -0.2) is 28.5 Å². The Balaban J connectivity index is 1.89. The Morgan fingerprint density at radius 1 is 1.19 bits per heavy atom. The molecule has 0 radical (unpaired) electrons. The molecule has 0 bridgehead atoms. The molecule has 3 nitrogen and oxygen atoms in total. The lowest BCUT2D eigenvalue weighted by molar-refractivity contribution is -0.00811. The van der Waals surface area contributed by atoms with E-state index in [4.69, 9.17) is 5.73 Å². The first-order chi connectivity index (χ1) is 7.68. The van der Waals surface area contributed by atoms with E-state index in [9.17, 15) is 10.2 Å². The molecule has 0 aliphatic heterocycles. The Kier molecular flexibility index (Phi) is 3.59. The summed E-state index contributed by atoms with van der Waals surface area (Å²) in [6.45, 7) is 0. The third kappa shape index (κ3) is 2.82. The summed E-state index contributed by atoms with van der Waals surface area (Å²) in [5.41, 5.74) is 7.00. The molecule has 4 N–H and O–H groups in total. The van der Waals surface area contributed by atoms with Gasteiger partial charge in [0.25, 0.3) is 0 Å². The van der Waals surface area contributed by atoms with Gasteiger partial charge < -0.3 is 15.9 Å². The van der Waals surface area contributed by atoms with Crippen LogP contribution in [0.3, 0.4) is 0 Å². The summed E-state index contributed by atoms with van der Waals surface area (Å²) in [5.74, 6) is 0.261.